The van der Waals surface area contributed by atoms with Crippen LogP contribution in [0.1, 0.15) is 129 Å². The third-order valence-electron chi connectivity index (χ3n) is 7.82. The first-order chi connectivity index (χ1) is 17.7. The van der Waals surface area contributed by atoms with E-state index in [1.807, 2.05) is 0 Å². The third-order valence-corrected chi connectivity index (χ3v) is 7.82. The monoisotopic (exact) mass is 527 g/mol. The number of likely N-dealkylation sites (tertiary alicyclic amines) is 1. The van der Waals surface area contributed by atoms with E-state index in [1.54, 1.807) is 0 Å². The number of aliphatic hydroxyl groups excluding tert-OH is 1. The number of rotatable bonds is 22. The van der Waals surface area contributed by atoms with Crippen molar-refractivity contribution in [3.05, 3.63) is 0 Å². The number of aliphatic hydroxyl groups is 2. The maximum Gasteiger partial charge on any atom is 0.328 e. The zero-order valence-electron chi connectivity index (χ0n) is 23.6. The molecule has 37 heavy (non-hydrogen) atoms. The van der Waals surface area contributed by atoms with Gasteiger partial charge in [-0.15, -0.1) is 0 Å². The molecule has 1 unspecified atom stereocenters. The molecule has 0 aromatic carbocycles. The van der Waals surface area contributed by atoms with Crippen LogP contribution in [0.25, 0.3) is 0 Å². The van der Waals surface area contributed by atoms with Crippen LogP contribution in [0.4, 0.5) is 0 Å². The summed E-state index contributed by atoms with van der Waals surface area (Å²) in [7, 11) is 1.22. The van der Waals surface area contributed by atoms with Crippen LogP contribution < -0.4 is 0 Å². The van der Waals surface area contributed by atoms with Crippen LogP contribution in [-0.2, 0) is 19.1 Å². The van der Waals surface area contributed by atoms with Gasteiger partial charge in [0.25, 0.3) is 0 Å². The molecule has 8 nitrogen and oxygen atoms in total. The number of carbonyl (C=O) groups excluding carboxylic acids is 2. The smallest absolute Gasteiger partial charge is 0.328 e. The molecule has 3 N–H and O–H groups in total. The first-order valence-corrected chi connectivity index (χ1v) is 14.7. The molecule has 1 heterocycles. The van der Waals surface area contributed by atoms with Gasteiger partial charge in [-0.25, -0.2) is 4.79 Å². The van der Waals surface area contributed by atoms with Gasteiger partial charge in [-0.1, -0.05) is 103 Å². The van der Waals surface area contributed by atoms with Crippen molar-refractivity contribution in [1.82, 2.24) is 4.90 Å². The predicted octanol–water partition coefficient (Wildman–Crippen LogP) is 5.22. The highest BCUT2D eigenvalue weighted by atomic mass is 16.5. The van der Waals surface area contributed by atoms with Gasteiger partial charge in [-0.05, 0) is 19.8 Å². The number of ether oxygens (including phenoxy) is 1. The maximum absolute atomic E-state index is 12.2. The van der Waals surface area contributed by atoms with Crippen molar-refractivity contribution in [2.24, 2.45) is 5.92 Å². The molecule has 0 saturated carbocycles. The molecule has 8 heteroatoms. The lowest BCUT2D eigenvalue weighted by Gasteiger charge is -2.35. The minimum absolute atomic E-state index is 0.123. The van der Waals surface area contributed by atoms with Crippen molar-refractivity contribution >= 4 is 17.8 Å². The highest BCUT2D eigenvalue weighted by molar-refractivity contribution is 5.88. The summed E-state index contributed by atoms with van der Waals surface area (Å²) in [5.74, 6) is -3.67. The second-order valence-corrected chi connectivity index (χ2v) is 11.1. The fourth-order valence-electron chi connectivity index (χ4n) is 5.30. The van der Waals surface area contributed by atoms with Crippen molar-refractivity contribution in [1.29, 1.82) is 0 Å². The van der Waals surface area contributed by atoms with Crippen LogP contribution in [0.5, 0.6) is 0 Å². The van der Waals surface area contributed by atoms with Gasteiger partial charge >= 0.3 is 11.9 Å². The minimum atomic E-state index is -1.61. The predicted molar refractivity (Wildman–Crippen MR) is 144 cm³/mol. The summed E-state index contributed by atoms with van der Waals surface area (Å²) >= 11 is 0. The van der Waals surface area contributed by atoms with Gasteiger partial charge in [0.1, 0.15) is 12.0 Å². The Labute approximate surface area is 224 Å². The lowest BCUT2D eigenvalue weighted by Crippen LogP contribution is -2.52. The Morgan fingerprint density at radius 1 is 0.946 bits per heavy atom. The molecule has 0 aliphatic carbocycles. The molecule has 1 rings (SSSR count). The van der Waals surface area contributed by atoms with E-state index in [1.165, 1.54) is 84.7 Å². The van der Waals surface area contributed by atoms with E-state index in [9.17, 15) is 29.7 Å². The summed E-state index contributed by atoms with van der Waals surface area (Å²) < 4.78 is 4.73. The Kier molecular flexibility index (Phi) is 16.7. The fraction of sp³-hybridized carbons (Fsp3) is 0.897. The standard InChI is InChI=1S/C29H53NO7/c1-4-5-6-7-8-9-10-11-12-13-14-15-16-17-18-21-29(2,36)26(32)23(27(33)34)22-30-24(28(35)37-3)19-20-25(30)31/h23-24,26,32,36H,4-22H2,1-3H3,(H,33,34)/t23-,24?,26-,29+/m0/s1. The topological polar surface area (TPSA) is 124 Å². The summed E-state index contributed by atoms with van der Waals surface area (Å²) in [6, 6.07) is -0.855. The summed E-state index contributed by atoms with van der Waals surface area (Å²) in [5, 5.41) is 31.3. The van der Waals surface area contributed by atoms with Crippen LogP contribution in [0.3, 0.4) is 0 Å². The van der Waals surface area contributed by atoms with Crippen LogP contribution in [-0.4, -0.2) is 69.5 Å². The van der Waals surface area contributed by atoms with Gasteiger partial charge in [0, 0.05) is 13.0 Å². The van der Waals surface area contributed by atoms with Crippen molar-refractivity contribution < 1.29 is 34.4 Å². The highest BCUT2D eigenvalue weighted by Crippen LogP contribution is 2.28. The van der Waals surface area contributed by atoms with E-state index in [0.717, 1.165) is 24.2 Å². The number of methoxy groups -OCH3 is 1. The molecular weight excluding hydrogens is 474 g/mol. The third kappa shape index (κ3) is 12.6. The number of amides is 1. The zero-order chi connectivity index (χ0) is 27.7. The molecular formula is C29H53NO7. The lowest BCUT2D eigenvalue weighted by atomic mass is 9.84. The van der Waals surface area contributed by atoms with E-state index in [0.29, 0.717) is 6.42 Å². The Hall–Kier alpha value is -1.67. The van der Waals surface area contributed by atoms with E-state index < -0.39 is 35.6 Å². The largest absolute Gasteiger partial charge is 0.481 e. The average molecular weight is 528 g/mol. The Morgan fingerprint density at radius 3 is 1.84 bits per heavy atom. The second-order valence-electron chi connectivity index (χ2n) is 11.1. The van der Waals surface area contributed by atoms with E-state index in [2.05, 4.69) is 6.92 Å². The van der Waals surface area contributed by atoms with Crippen molar-refractivity contribution in [2.45, 2.75) is 147 Å². The molecule has 0 aromatic rings. The minimum Gasteiger partial charge on any atom is -0.481 e. The molecule has 1 aliphatic rings. The summed E-state index contributed by atoms with van der Waals surface area (Å²) in [5.41, 5.74) is -1.61. The lowest BCUT2D eigenvalue weighted by molar-refractivity contribution is -0.162. The SMILES string of the molecule is CCCCCCCCCCCCCCCCC[C@@](C)(O)[C@@H](O)[C@H](CN1C(=O)CCC1C(=O)OC)C(=O)O. The molecule has 1 fully saturated rings. The molecule has 1 saturated heterocycles. The number of aliphatic carboxylic acids is 1. The van der Waals surface area contributed by atoms with E-state index in [-0.39, 0.29) is 31.7 Å². The number of carbonyl (C=O) groups is 3. The average Bonchev–Trinajstić information content (AvgIpc) is 3.23. The van der Waals surface area contributed by atoms with Gasteiger partial charge in [0.05, 0.1) is 18.8 Å². The van der Waals surface area contributed by atoms with Crippen molar-refractivity contribution in [3.8, 4) is 0 Å². The van der Waals surface area contributed by atoms with Gasteiger partial charge in [-0.2, -0.15) is 0 Å². The molecule has 4 atom stereocenters. The van der Waals surface area contributed by atoms with Crippen molar-refractivity contribution in [2.75, 3.05) is 13.7 Å². The van der Waals surface area contributed by atoms with Gasteiger partial charge in [0.15, 0.2) is 0 Å². The highest BCUT2D eigenvalue weighted by Gasteiger charge is 2.45. The molecule has 0 bridgehead atoms. The molecule has 0 radical (unpaired) electrons. The Balaban J connectivity index is 2.28. The van der Waals surface area contributed by atoms with Crippen molar-refractivity contribution in [3.63, 3.8) is 0 Å². The van der Waals surface area contributed by atoms with Gasteiger partial charge in [0.2, 0.25) is 5.91 Å². The molecule has 1 amide bonds. The maximum atomic E-state index is 12.2. The van der Waals surface area contributed by atoms with Crippen LogP contribution in [0, 0.1) is 5.92 Å². The number of hydrogen-bond acceptors (Lipinski definition) is 6. The number of nitrogens with zero attached hydrogens (tertiary/aromatic N) is 1. The summed E-state index contributed by atoms with van der Waals surface area (Å²) in [6.07, 6.45) is 17.4. The van der Waals surface area contributed by atoms with Gasteiger partial charge in [-0.3, -0.25) is 9.59 Å². The van der Waals surface area contributed by atoms with Gasteiger partial charge < -0.3 is 25.0 Å². The Morgan fingerprint density at radius 2 is 1.41 bits per heavy atom. The molecule has 0 spiro atoms. The fourth-order valence-corrected chi connectivity index (χ4v) is 5.30. The van der Waals surface area contributed by atoms with E-state index >= 15 is 0 Å². The number of hydrogen-bond donors (Lipinski definition) is 3. The van der Waals surface area contributed by atoms with Crippen LogP contribution >= 0.6 is 0 Å². The number of esters is 1. The van der Waals surface area contributed by atoms with Crippen LogP contribution in [0.15, 0.2) is 0 Å². The molecule has 1 aliphatic heterocycles. The number of carboxylic acids is 1. The Bertz CT molecular complexity index is 667. The number of unbranched alkanes of at least 4 members (excludes halogenated alkanes) is 14. The first kappa shape index (κ1) is 33.4. The number of carboxylic acid groups (broad SMARTS) is 1. The molecule has 0 aromatic heterocycles. The zero-order valence-corrected chi connectivity index (χ0v) is 23.6. The summed E-state index contributed by atoms with van der Waals surface area (Å²) in [6.45, 7) is 3.35. The first-order valence-electron chi connectivity index (χ1n) is 14.7. The van der Waals surface area contributed by atoms with E-state index in [4.69, 9.17) is 4.74 Å². The quantitative estimate of drug-likeness (QED) is 0.130. The normalized spacial score (nSPS) is 19.0. The van der Waals surface area contributed by atoms with Crippen LogP contribution in [0.2, 0.25) is 0 Å². The molecule has 216 valence electrons. The summed E-state index contributed by atoms with van der Waals surface area (Å²) in [4.78, 5) is 37.3. The second kappa shape index (κ2) is 18.6.